The Morgan fingerprint density at radius 2 is 1.73 bits per heavy atom. The van der Waals surface area contributed by atoms with E-state index in [9.17, 15) is 9.90 Å². The Balaban J connectivity index is 0. The predicted octanol–water partition coefficient (Wildman–Crippen LogP) is -2.43. The summed E-state index contributed by atoms with van der Waals surface area (Å²) in [4.78, 5) is 10.3. The standard InChI is InChI=1S/C6H12O2S2.Na/c1-3-9-6(5(7)8)10-4-2;/h6H,3-4H2,1-2H3,(H,7,8);/q;+1/p-1. The van der Waals surface area contributed by atoms with Gasteiger partial charge in [-0.05, 0) is 11.5 Å². The first-order valence-corrected chi connectivity index (χ1v) is 5.26. The van der Waals surface area contributed by atoms with Crippen molar-refractivity contribution in [2.24, 2.45) is 0 Å². The van der Waals surface area contributed by atoms with Crippen molar-refractivity contribution in [2.45, 2.75) is 18.4 Å². The van der Waals surface area contributed by atoms with Gasteiger partial charge in [-0.3, -0.25) is 0 Å². The van der Waals surface area contributed by atoms with Gasteiger partial charge in [-0.15, -0.1) is 23.5 Å². The molecular formula is C6H11NaO2S2. The number of aliphatic carboxylic acids is 1. The van der Waals surface area contributed by atoms with Crippen LogP contribution in [0.4, 0.5) is 0 Å². The molecule has 11 heavy (non-hydrogen) atoms. The SMILES string of the molecule is CCSC(SCC)C(=O)[O-].[Na+]. The van der Waals surface area contributed by atoms with E-state index in [1.807, 2.05) is 13.8 Å². The van der Waals surface area contributed by atoms with Gasteiger partial charge in [0.1, 0.15) is 0 Å². The van der Waals surface area contributed by atoms with Crippen LogP contribution in [0.25, 0.3) is 0 Å². The first-order valence-electron chi connectivity index (χ1n) is 3.16. The van der Waals surface area contributed by atoms with Gasteiger partial charge in [-0.25, -0.2) is 0 Å². The number of rotatable bonds is 5. The maximum absolute atomic E-state index is 10.3. The summed E-state index contributed by atoms with van der Waals surface area (Å²) < 4.78 is -0.380. The fraction of sp³-hybridized carbons (Fsp3) is 0.833. The third-order valence-electron chi connectivity index (χ3n) is 0.829. The molecule has 0 aromatic heterocycles. The fourth-order valence-electron chi connectivity index (χ4n) is 0.487. The van der Waals surface area contributed by atoms with Crippen LogP contribution in [0.2, 0.25) is 0 Å². The number of carbonyl (C=O) groups excluding carboxylic acids is 1. The molecule has 0 radical (unpaired) electrons. The zero-order chi connectivity index (χ0) is 7.98. The molecule has 0 spiro atoms. The van der Waals surface area contributed by atoms with Gasteiger partial charge in [-0.1, -0.05) is 13.8 Å². The normalized spacial score (nSPS) is 9.36. The van der Waals surface area contributed by atoms with E-state index < -0.39 is 5.97 Å². The summed E-state index contributed by atoms with van der Waals surface area (Å²) in [7, 11) is 0. The third kappa shape index (κ3) is 7.53. The van der Waals surface area contributed by atoms with E-state index in [1.165, 1.54) is 23.5 Å². The molecule has 0 fully saturated rings. The molecule has 0 aliphatic heterocycles. The third-order valence-corrected chi connectivity index (χ3v) is 3.30. The number of carboxylic acid groups (broad SMARTS) is 1. The van der Waals surface area contributed by atoms with E-state index >= 15 is 0 Å². The largest absolute Gasteiger partial charge is 1.00 e. The number of carbonyl (C=O) groups is 1. The molecule has 0 N–H and O–H groups in total. The zero-order valence-corrected chi connectivity index (χ0v) is 10.8. The predicted molar refractivity (Wildman–Crippen MR) is 45.1 cm³/mol. The molecule has 0 saturated carbocycles. The molecule has 0 rings (SSSR count). The van der Waals surface area contributed by atoms with Crippen molar-refractivity contribution in [1.29, 1.82) is 0 Å². The summed E-state index contributed by atoms with van der Waals surface area (Å²) in [6, 6.07) is 0. The van der Waals surface area contributed by atoms with Gasteiger partial charge >= 0.3 is 29.6 Å². The Morgan fingerprint density at radius 3 is 1.91 bits per heavy atom. The Kier molecular flexibility index (Phi) is 12.4. The van der Waals surface area contributed by atoms with Crippen molar-refractivity contribution < 1.29 is 39.5 Å². The topological polar surface area (TPSA) is 40.1 Å². The molecule has 0 saturated heterocycles. The van der Waals surface area contributed by atoms with Gasteiger partial charge in [0.05, 0.1) is 10.6 Å². The van der Waals surface area contributed by atoms with E-state index in [0.29, 0.717) is 0 Å². The molecule has 0 aliphatic carbocycles. The molecule has 5 heteroatoms. The molecule has 60 valence electrons. The van der Waals surface area contributed by atoms with Crippen LogP contribution in [0.5, 0.6) is 0 Å². The Hall–Kier alpha value is 1.17. The molecule has 0 aromatic carbocycles. The molecule has 0 aliphatic rings. The van der Waals surface area contributed by atoms with Gasteiger partial charge in [0, 0.05) is 0 Å². The second-order valence-corrected chi connectivity index (χ2v) is 4.62. The van der Waals surface area contributed by atoms with Gasteiger partial charge in [0.2, 0.25) is 0 Å². The second kappa shape index (κ2) is 9.26. The summed E-state index contributed by atoms with van der Waals surface area (Å²) in [6.45, 7) is 3.88. The Morgan fingerprint density at radius 1 is 1.36 bits per heavy atom. The molecule has 2 nitrogen and oxygen atoms in total. The summed E-state index contributed by atoms with van der Waals surface area (Å²) in [5.74, 6) is 0.691. The van der Waals surface area contributed by atoms with Crippen LogP contribution in [0.15, 0.2) is 0 Å². The van der Waals surface area contributed by atoms with E-state index in [4.69, 9.17) is 0 Å². The fourth-order valence-corrected chi connectivity index (χ4v) is 2.57. The first-order chi connectivity index (χ1) is 4.72. The minimum atomic E-state index is -0.960. The van der Waals surface area contributed by atoms with Crippen LogP contribution in [0, 0.1) is 0 Å². The van der Waals surface area contributed by atoms with Crippen molar-refractivity contribution in [3.05, 3.63) is 0 Å². The van der Waals surface area contributed by atoms with Crippen LogP contribution in [0.1, 0.15) is 13.8 Å². The molecule has 0 bridgehead atoms. The van der Waals surface area contributed by atoms with Gasteiger partial charge in [0.15, 0.2) is 0 Å². The van der Waals surface area contributed by atoms with Crippen LogP contribution in [-0.4, -0.2) is 22.1 Å². The molecule has 0 atom stereocenters. The van der Waals surface area contributed by atoms with Crippen LogP contribution in [-0.2, 0) is 4.79 Å². The minimum Gasteiger partial charge on any atom is -0.548 e. The van der Waals surface area contributed by atoms with Crippen molar-refractivity contribution in [2.75, 3.05) is 11.5 Å². The van der Waals surface area contributed by atoms with Crippen LogP contribution < -0.4 is 34.7 Å². The molecule has 0 unspecified atom stereocenters. The Labute approximate surface area is 98.2 Å². The summed E-state index contributed by atoms with van der Waals surface area (Å²) in [5, 5.41) is 10.3. The zero-order valence-electron chi connectivity index (χ0n) is 7.12. The number of hydrogen-bond donors (Lipinski definition) is 0. The summed E-state index contributed by atoms with van der Waals surface area (Å²) in [5.41, 5.74) is 0. The summed E-state index contributed by atoms with van der Waals surface area (Å²) in [6.07, 6.45) is 0. The number of carboxylic acids is 1. The van der Waals surface area contributed by atoms with E-state index in [1.54, 1.807) is 0 Å². The molecule has 0 heterocycles. The van der Waals surface area contributed by atoms with E-state index in [0.717, 1.165) is 11.5 Å². The molecule has 0 aromatic rings. The van der Waals surface area contributed by atoms with E-state index in [2.05, 4.69) is 0 Å². The van der Waals surface area contributed by atoms with Gasteiger partial charge in [0.25, 0.3) is 0 Å². The summed E-state index contributed by atoms with van der Waals surface area (Å²) >= 11 is 2.82. The number of thioether (sulfide) groups is 2. The Bertz CT molecular complexity index is 105. The van der Waals surface area contributed by atoms with Gasteiger partial charge in [-0.2, -0.15) is 0 Å². The van der Waals surface area contributed by atoms with Crippen LogP contribution >= 0.6 is 23.5 Å². The maximum Gasteiger partial charge on any atom is 1.00 e. The monoisotopic (exact) mass is 202 g/mol. The molecule has 0 amide bonds. The quantitative estimate of drug-likeness (QED) is 0.367. The minimum absolute atomic E-state index is 0. The van der Waals surface area contributed by atoms with Gasteiger partial charge < -0.3 is 9.90 Å². The average Bonchev–Trinajstić information content (AvgIpc) is 1.87. The smallest absolute Gasteiger partial charge is 0.548 e. The van der Waals surface area contributed by atoms with Crippen molar-refractivity contribution >= 4 is 29.5 Å². The van der Waals surface area contributed by atoms with Crippen LogP contribution in [0.3, 0.4) is 0 Å². The van der Waals surface area contributed by atoms with Crippen molar-refractivity contribution in [3.63, 3.8) is 0 Å². The maximum atomic E-state index is 10.3. The van der Waals surface area contributed by atoms with Crippen molar-refractivity contribution in [1.82, 2.24) is 0 Å². The number of hydrogen-bond acceptors (Lipinski definition) is 4. The average molecular weight is 202 g/mol. The first kappa shape index (κ1) is 14.7. The second-order valence-electron chi connectivity index (χ2n) is 1.56. The van der Waals surface area contributed by atoms with E-state index in [-0.39, 0.29) is 34.1 Å². The molecular weight excluding hydrogens is 191 g/mol. The van der Waals surface area contributed by atoms with Crippen molar-refractivity contribution in [3.8, 4) is 0 Å².